The van der Waals surface area contributed by atoms with Gasteiger partial charge in [0.2, 0.25) is 5.91 Å². The Bertz CT molecular complexity index is 1040. The monoisotopic (exact) mass is 420 g/mol. The highest BCUT2D eigenvalue weighted by molar-refractivity contribution is 5.97. The molecule has 2 saturated heterocycles. The fourth-order valence-electron chi connectivity index (χ4n) is 4.54. The van der Waals surface area contributed by atoms with Gasteiger partial charge < -0.3 is 14.9 Å². The molecule has 0 saturated carbocycles. The number of nitrogens with zero attached hydrogens (tertiary/aromatic N) is 2. The third kappa shape index (κ3) is 4.06. The van der Waals surface area contributed by atoms with E-state index in [2.05, 4.69) is 18.8 Å². The zero-order valence-corrected chi connectivity index (χ0v) is 17.4. The maximum absolute atomic E-state index is 13.5. The van der Waals surface area contributed by atoms with Crippen molar-refractivity contribution in [3.05, 3.63) is 71.0 Å². The molecule has 2 fully saturated rings. The second kappa shape index (κ2) is 8.91. The summed E-state index contributed by atoms with van der Waals surface area (Å²) in [5.74, 6) is 5.14. The van der Waals surface area contributed by atoms with Gasteiger partial charge in [0, 0.05) is 30.0 Å². The van der Waals surface area contributed by atoms with Gasteiger partial charge in [0.1, 0.15) is 12.4 Å². The molecule has 0 unspecified atom stereocenters. The first-order valence-electron chi connectivity index (χ1n) is 10.6. The molecule has 2 amide bonds. The molecule has 1 N–H and O–H groups in total. The summed E-state index contributed by atoms with van der Waals surface area (Å²) in [4.78, 5) is 28.8. The largest absolute Gasteiger partial charge is 0.394 e. The first-order chi connectivity index (χ1) is 15.0. The molecule has 0 aliphatic carbocycles. The lowest BCUT2D eigenvalue weighted by molar-refractivity contribution is -0.159. The van der Waals surface area contributed by atoms with Gasteiger partial charge >= 0.3 is 0 Å². The van der Waals surface area contributed by atoms with Gasteiger partial charge in [0.05, 0.1) is 18.7 Å². The molecule has 160 valence electrons. The van der Waals surface area contributed by atoms with Gasteiger partial charge in [-0.25, -0.2) is 4.39 Å². The first-order valence-corrected chi connectivity index (χ1v) is 10.6. The van der Waals surface area contributed by atoms with E-state index < -0.39 is 5.82 Å². The number of rotatable bonds is 4. The molecule has 0 aromatic heterocycles. The fraction of sp³-hybridized carbons (Fsp3) is 0.360. The van der Waals surface area contributed by atoms with Crippen LogP contribution in [0.3, 0.4) is 0 Å². The Morgan fingerprint density at radius 3 is 2.68 bits per heavy atom. The Balaban J connectivity index is 1.54. The van der Waals surface area contributed by atoms with E-state index in [1.807, 2.05) is 24.3 Å². The number of benzene rings is 2. The van der Waals surface area contributed by atoms with Crippen LogP contribution in [0.15, 0.2) is 48.5 Å². The number of carbonyl (C=O) groups is 2. The molecule has 2 aromatic carbocycles. The summed E-state index contributed by atoms with van der Waals surface area (Å²) in [6.07, 6.45) is 1.87. The number of carbonyl (C=O) groups excluding carboxylic acids is 2. The summed E-state index contributed by atoms with van der Waals surface area (Å²) >= 11 is 0. The molecule has 4 rings (SSSR count). The second-order valence-corrected chi connectivity index (χ2v) is 8.01. The van der Waals surface area contributed by atoms with Crippen molar-refractivity contribution in [1.29, 1.82) is 0 Å². The minimum Gasteiger partial charge on any atom is -0.394 e. The standard InChI is InChI=1S/C25H25FN2O3/c1-2-3-4-6-17-9-11-18(12-10-17)24-21-14-27(15-23(30)28(21)22(24)16-29)25(31)19-7-5-8-20(26)13-19/h5,7-13,21-22,24,29H,2-3,14-16H2,1H3/t21-,22+,24-/m0/s1. The zero-order chi connectivity index (χ0) is 22.0. The predicted molar refractivity (Wildman–Crippen MR) is 115 cm³/mol. The number of amides is 2. The summed E-state index contributed by atoms with van der Waals surface area (Å²) in [5, 5.41) is 9.92. The van der Waals surface area contributed by atoms with Crippen LogP contribution in [0.4, 0.5) is 4.39 Å². The minimum atomic E-state index is -0.486. The lowest BCUT2D eigenvalue weighted by Crippen LogP contribution is -2.73. The van der Waals surface area contributed by atoms with Crippen molar-refractivity contribution in [2.45, 2.75) is 37.8 Å². The average Bonchev–Trinajstić information content (AvgIpc) is 2.76. The summed E-state index contributed by atoms with van der Waals surface area (Å²) in [6.45, 7) is 2.23. The van der Waals surface area contributed by atoms with Crippen LogP contribution in [0.2, 0.25) is 0 Å². The molecular weight excluding hydrogens is 395 g/mol. The van der Waals surface area contributed by atoms with Crippen LogP contribution in [-0.2, 0) is 4.79 Å². The maximum Gasteiger partial charge on any atom is 0.254 e. The van der Waals surface area contributed by atoms with Crippen LogP contribution in [0, 0.1) is 17.7 Å². The van der Waals surface area contributed by atoms with E-state index >= 15 is 0 Å². The molecular formula is C25H25FN2O3. The molecule has 0 bridgehead atoms. The highest BCUT2D eigenvalue weighted by atomic mass is 19.1. The second-order valence-electron chi connectivity index (χ2n) is 8.01. The Morgan fingerprint density at radius 1 is 1.23 bits per heavy atom. The number of hydrogen-bond donors (Lipinski definition) is 1. The zero-order valence-electron chi connectivity index (χ0n) is 17.4. The van der Waals surface area contributed by atoms with Crippen molar-refractivity contribution in [3.63, 3.8) is 0 Å². The third-order valence-corrected chi connectivity index (χ3v) is 6.01. The van der Waals surface area contributed by atoms with E-state index in [1.165, 1.54) is 23.1 Å². The molecule has 31 heavy (non-hydrogen) atoms. The molecule has 0 spiro atoms. The van der Waals surface area contributed by atoms with E-state index in [0.717, 1.165) is 24.0 Å². The third-order valence-electron chi connectivity index (χ3n) is 6.01. The molecule has 2 heterocycles. The smallest absolute Gasteiger partial charge is 0.254 e. The Labute approximate surface area is 181 Å². The normalized spacial score (nSPS) is 22.3. The van der Waals surface area contributed by atoms with Crippen LogP contribution < -0.4 is 0 Å². The lowest BCUT2D eigenvalue weighted by atomic mass is 9.73. The molecule has 2 aliphatic heterocycles. The lowest BCUT2D eigenvalue weighted by Gasteiger charge is -2.58. The topological polar surface area (TPSA) is 60.9 Å². The van der Waals surface area contributed by atoms with Crippen LogP contribution in [-0.4, -0.2) is 58.5 Å². The first kappa shape index (κ1) is 21.1. The van der Waals surface area contributed by atoms with Gasteiger partial charge in [0.25, 0.3) is 5.91 Å². The number of fused-ring (bicyclic) bond motifs is 1. The molecule has 2 aliphatic rings. The predicted octanol–water partition coefficient (Wildman–Crippen LogP) is 2.79. The Hall–Kier alpha value is -3.17. The number of aliphatic hydroxyl groups excluding tert-OH is 1. The van der Waals surface area contributed by atoms with Crippen molar-refractivity contribution >= 4 is 11.8 Å². The molecule has 3 atom stereocenters. The van der Waals surface area contributed by atoms with Crippen molar-refractivity contribution in [3.8, 4) is 11.8 Å². The summed E-state index contributed by atoms with van der Waals surface area (Å²) in [7, 11) is 0. The molecule has 0 radical (unpaired) electrons. The number of halogens is 1. The van der Waals surface area contributed by atoms with Crippen LogP contribution in [0.25, 0.3) is 0 Å². The quantitative estimate of drug-likeness (QED) is 0.774. The summed E-state index contributed by atoms with van der Waals surface area (Å²) in [6, 6.07) is 12.9. The van der Waals surface area contributed by atoms with Crippen molar-refractivity contribution in [2.24, 2.45) is 0 Å². The maximum atomic E-state index is 13.5. The van der Waals surface area contributed by atoms with Crippen LogP contribution in [0.1, 0.15) is 47.2 Å². The number of unbranched alkanes of at least 4 members (excludes halogenated alkanes) is 1. The summed E-state index contributed by atoms with van der Waals surface area (Å²) in [5.41, 5.74) is 2.16. The van der Waals surface area contributed by atoms with Gasteiger partial charge in [0.15, 0.2) is 0 Å². The van der Waals surface area contributed by atoms with Crippen molar-refractivity contribution < 1.29 is 19.1 Å². The van der Waals surface area contributed by atoms with Gasteiger partial charge in [-0.3, -0.25) is 9.59 Å². The number of aliphatic hydroxyl groups is 1. The van der Waals surface area contributed by atoms with Crippen molar-refractivity contribution in [1.82, 2.24) is 9.80 Å². The van der Waals surface area contributed by atoms with Crippen LogP contribution in [0.5, 0.6) is 0 Å². The Kier molecular flexibility index (Phi) is 6.06. The van der Waals surface area contributed by atoms with Gasteiger partial charge in [-0.1, -0.05) is 37.0 Å². The van der Waals surface area contributed by atoms with Gasteiger partial charge in [-0.2, -0.15) is 0 Å². The Morgan fingerprint density at radius 2 is 2.00 bits per heavy atom. The van der Waals surface area contributed by atoms with Gasteiger partial charge in [-0.15, -0.1) is 0 Å². The minimum absolute atomic E-state index is 0.0684. The summed E-state index contributed by atoms with van der Waals surface area (Å²) < 4.78 is 13.5. The highest BCUT2D eigenvalue weighted by Crippen LogP contribution is 2.43. The van der Waals surface area contributed by atoms with E-state index in [1.54, 1.807) is 11.0 Å². The number of hydrogen-bond acceptors (Lipinski definition) is 3. The highest BCUT2D eigenvalue weighted by Gasteiger charge is 2.54. The number of piperazine rings is 1. The van der Waals surface area contributed by atoms with E-state index in [0.29, 0.717) is 6.54 Å². The fourth-order valence-corrected chi connectivity index (χ4v) is 4.54. The molecule has 5 nitrogen and oxygen atoms in total. The van der Waals surface area contributed by atoms with Gasteiger partial charge in [-0.05, 0) is 42.3 Å². The van der Waals surface area contributed by atoms with E-state index in [4.69, 9.17) is 0 Å². The average molecular weight is 420 g/mol. The molecule has 6 heteroatoms. The van der Waals surface area contributed by atoms with E-state index in [9.17, 15) is 19.1 Å². The van der Waals surface area contributed by atoms with E-state index in [-0.39, 0.29) is 48.5 Å². The SMILES string of the molecule is CCCC#Cc1ccc([C@@H]2[C@@H](CO)N3C(=O)CN(C(=O)c4cccc(F)c4)C[C@@H]23)cc1. The molecule has 2 aromatic rings. The van der Waals surface area contributed by atoms with Crippen molar-refractivity contribution in [2.75, 3.05) is 19.7 Å². The van der Waals surface area contributed by atoms with Crippen LogP contribution >= 0.6 is 0 Å².